The van der Waals surface area contributed by atoms with E-state index in [-0.39, 0.29) is 17.5 Å². The minimum absolute atomic E-state index is 0.111. The Hall–Kier alpha value is -1.81. The normalized spacial score (nSPS) is 11.9. The number of ether oxygens (including phenoxy) is 1. The molecule has 0 aliphatic carbocycles. The number of nitrogens with two attached hydrogens (primary N) is 1. The van der Waals surface area contributed by atoms with Gasteiger partial charge in [0.05, 0.1) is 0 Å². The Kier molecular flexibility index (Phi) is 3.46. The van der Waals surface area contributed by atoms with E-state index in [0.29, 0.717) is 5.56 Å². The largest absolute Gasteiger partial charge is 0.504 e. The molecule has 0 saturated carbocycles. The zero-order chi connectivity index (χ0) is 11.4. The molecule has 0 amide bonds. The first-order chi connectivity index (χ1) is 7.04. The van der Waals surface area contributed by atoms with Gasteiger partial charge in [0.2, 0.25) is 0 Å². The van der Waals surface area contributed by atoms with Crippen LogP contribution >= 0.6 is 0 Å². The van der Waals surface area contributed by atoms with Crippen LogP contribution in [0.4, 0.5) is 0 Å². The number of phenolic OH excluding ortho intramolecular Hbond substituents is 1. The summed E-state index contributed by atoms with van der Waals surface area (Å²) < 4.78 is 4.76. The van der Waals surface area contributed by atoms with E-state index in [4.69, 9.17) is 10.5 Å². The first-order valence-electron chi connectivity index (χ1n) is 4.44. The van der Waals surface area contributed by atoms with E-state index in [2.05, 4.69) is 6.58 Å². The van der Waals surface area contributed by atoms with Crippen molar-refractivity contribution >= 4 is 5.97 Å². The molecule has 0 bridgehead atoms. The maximum atomic E-state index is 10.7. The highest BCUT2D eigenvalue weighted by Crippen LogP contribution is 2.28. The standard InChI is InChI=1S/C11H13NO3/c1-3-9(12)8-4-5-11(10(14)6-8)15-7(2)13/h3-6,9,14H,1,12H2,2H3/t9-/m0/s1. The molecule has 3 N–H and O–H groups in total. The van der Waals surface area contributed by atoms with Crippen molar-refractivity contribution in [3.63, 3.8) is 0 Å². The molecular formula is C11H13NO3. The smallest absolute Gasteiger partial charge is 0.308 e. The summed E-state index contributed by atoms with van der Waals surface area (Å²) in [6.45, 7) is 4.81. The molecule has 0 aromatic heterocycles. The Labute approximate surface area is 88.0 Å². The number of carbonyl (C=O) groups excluding carboxylic acids is 1. The second-order valence-electron chi connectivity index (χ2n) is 3.08. The van der Waals surface area contributed by atoms with Gasteiger partial charge in [-0.05, 0) is 17.7 Å². The van der Waals surface area contributed by atoms with Crippen LogP contribution in [-0.4, -0.2) is 11.1 Å². The number of hydrogen-bond acceptors (Lipinski definition) is 4. The second kappa shape index (κ2) is 4.61. The van der Waals surface area contributed by atoms with Crippen molar-refractivity contribution in [2.24, 2.45) is 5.73 Å². The Morgan fingerprint density at radius 3 is 2.80 bits per heavy atom. The molecule has 0 fully saturated rings. The van der Waals surface area contributed by atoms with E-state index in [1.165, 1.54) is 19.1 Å². The van der Waals surface area contributed by atoms with E-state index in [9.17, 15) is 9.90 Å². The summed E-state index contributed by atoms with van der Waals surface area (Å²) in [5.41, 5.74) is 6.38. The molecule has 1 aromatic rings. The molecule has 1 rings (SSSR count). The summed E-state index contributed by atoms with van der Waals surface area (Å²) in [5.74, 6) is -0.464. The molecule has 0 heterocycles. The van der Waals surface area contributed by atoms with Gasteiger partial charge >= 0.3 is 5.97 Å². The predicted octanol–water partition coefficient (Wildman–Crippen LogP) is 1.50. The maximum Gasteiger partial charge on any atom is 0.308 e. The fraction of sp³-hybridized carbons (Fsp3) is 0.182. The van der Waals surface area contributed by atoms with Gasteiger partial charge in [-0.25, -0.2) is 0 Å². The first-order valence-corrected chi connectivity index (χ1v) is 4.44. The van der Waals surface area contributed by atoms with E-state index in [0.717, 1.165) is 0 Å². The number of benzene rings is 1. The lowest BCUT2D eigenvalue weighted by molar-refractivity contribution is -0.132. The first kappa shape index (κ1) is 11.3. The molecule has 0 saturated heterocycles. The number of carbonyl (C=O) groups is 1. The summed E-state index contributed by atoms with van der Waals surface area (Å²) in [4.78, 5) is 10.7. The highest BCUT2D eigenvalue weighted by Gasteiger charge is 2.08. The fourth-order valence-corrected chi connectivity index (χ4v) is 1.12. The number of aromatic hydroxyl groups is 1. The van der Waals surface area contributed by atoms with Gasteiger partial charge in [-0.2, -0.15) is 0 Å². The zero-order valence-corrected chi connectivity index (χ0v) is 8.43. The van der Waals surface area contributed by atoms with E-state index in [1.807, 2.05) is 0 Å². The van der Waals surface area contributed by atoms with Crippen molar-refractivity contribution in [3.8, 4) is 11.5 Å². The van der Waals surface area contributed by atoms with Gasteiger partial charge in [0.15, 0.2) is 11.5 Å². The molecule has 0 aliphatic rings. The van der Waals surface area contributed by atoms with Gasteiger partial charge in [-0.15, -0.1) is 6.58 Å². The van der Waals surface area contributed by atoms with Gasteiger partial charge in [-0.3, -0.25) is 4.79 Å². The monoisotopic (exact) mass is 207 g/mol. The van der Waals surface area contributed by atoms with Crippen LogP contribution < -0.4 is 10.5 Å². The van der Waals surface area contributed by atoms with Crippen molar-refractivity contribution in [1.82, 2.24) is 0 Å². The number of esters is 1. The highest BCUT2D eigenvalue weighted by atomic mass is 16.5. The van der Waals surface area contributed by atoms with Crippen molar-refractivity contribution in [3.05, 3.63) is 36.4 Å². The molecule has 15 heavy (non-hydrogen) atoms. The number of hydrogen-bond donors (Lipinski definition) is 2. The minimum atomic E-state index is -0.480. The zero-order valence-electron chi connectivity index (χ0n) is 8.43. The van der Waals surface area contributed by atoms with Gasteiger partial charge in [0.25, 0.3) is 0 Å². The number of phenols is 1. The summed E-state index contributed by atoms with van der Waals surface area (Å²) in [5, 5.41) is 9.52. The molecular weight excluding hydrogens is 194 g/mol. The fourth-order valence-electron chi connectivity index (χ4n) is 1.12. The van der Waals surface area contributed by atoms with Gasteiger partial charge < -0.3 is 15.6 Å². The Balaban J connectivity index is 2.97. The molecule has 4 heteroatoms. The van der Waals surface area contributed by atoms with Crippen LogP contribution in [0.15, 0.2) is 30.9 Å². The van der Waals surface area contributed by atoms with Crippen molar-refractivity contribution in [2.75, 3.05) is 0 Å². The molecule has 1 atom stereocenters. The molecule has 80 valence electrons. The van der Waals surface area contributed by atoms with Crippen LogP contribution in [0.3, 0.4) is 0 Å². The van der Waals surface area contributed by atoms with Crippen LogP contribution in [0.5, 0.6) is 11.5 Å². The van der Waals surface area contributed by atoms with Gasteiger partial charge in [0, 0.05) is 13.0 Å². The summed E-state index contributed by atoms with van der Waals surface area (Å²) in [7, 11) is 0. The average molecular weight is 207 g/mol. The van der Waals surface area contributed by atoms with E-state index >= 15 is 0 Å². The van der Waals surface area contributed by atoms with Crippen molar-refractivity contribution < 1.29 is 14.6 Å². The van der Waals surface area contributed by atoms with Gasteiger partial charge in [0.1, 0.15) is 0 Å². The van der Waals surface area contributed by atoms with E-state index < -0.39 is 5.97 Å². The van der Waals surface area contributed by atoms with E-state index in [1.54, 1.807) is 12.1 Å². The van der Waals surface area contributed by atoms with Crippen LogP contribution in [-0.2, 0) is 4.79 Å². The van der Waals surface area contributed by atoms with Crippen molar-refractivity contribution in [2.45, 2.75) is 13.0 Å². The molecule has 0 radical (unpaired) electrons. The third-order valence-electron chi connectivity index (χ3n) is 1.88. The lowest BCUT2D eigenvalue weighted by Gasteiger charge is -2.09. The quantitative estimate of drug-likeness (QED) is 0.447. The second-order valence-corrected chi connectivity index (χ2v) is 3.08. The Morgan fingerprint density at radius 2 is 2.33 bits per heavy atom. The van der Waals surface area contributed by atoms with Crippen LogP contribution in [0.1, 0.15) is 18.5 Å². The lowest BCUT2D eigenvalue weighted by atomic mass is 10.1. The van der Waals surface area contributed by atoms with Crippen LogP contribution in [0.25, 0.3) is 0 Å². The SMILES string of the molecule is C=C[C@H](N)c1ccc(OC(C)=O)c(O)c1. The summed E-state index contributed by atoms with van der Waals surface area (Å²) in [6, 6.07) is 4.27. The molecule has 1 aromatic carbocycles. The average Bonchev–Trinajstić information content (AvgIpc) is 2.19. The Morgan fingerprint density at radius 1 is 1.67 bits per heavy atom. The number of rotatable bonds is 3. The Bertz CT molecular complexity index is 387. The summed E-state index contributed by atoms with van der Waals surface area (Å²) in [6.07, 6.45) is 1.56. The minimum Gasteiger partial charge on any atom is -0.504 e. The predicted molar refractivity (Wildman–Crippen MR) is 56.5 cm³/mol. The maximum absolute atomic E-state index is 10.7. The van der Waals surface area contributed by atoms with Crippen LogP contribution in [0, 0.1) is 0 Å². The van der Waals surface area contributed by atoms with Crippen molar-refractivity contribution in [1.29, 1.82) is 0 Å². The third kappa shape index (κ3) is 2.82. The molecule has 0 spiro atoms. The molecule has 4 nitrogen and oxygen atoms in total. The lowest BCUT2D eigenvalue weighted by Crippen LogP contribution is -2.07. The topological polar surface area (TPSA) is 72.5 Å². The van der Waals surface area contributed by atoms with Gasteiger partial charge in [-0.1, -0.05) is 12.1 Å². The van der Waals surface area contributed by atoms with Crippen LogP contribution in [0.2, 0.25) is 0 Å². The third-order valence-corrected chi connectivity index (χ3v) is 1.88. The molecule has 0 unspecified atom stereocenters. The highest BCUT2D eigenvalue weighted by molar-refractivity contribution is 5.70. The molecule has 0 aliphatic heterocycles. The summed E-state index contributed by atoms with van der Waals surface area (Å²) >= 11 is 0.